The molecule has 1 fully saturated rings. The molecule has 1 atom stereocenters. The molecule has 1 heterocycles. The van der Waals surface area contributed by atoms with Gasteiger partial charge in [-0.1, -0.05) is 62.1 Å². The number of rotatable bonds is 9. The van der Waals surface area contributed by atoms with Crippen molar-refractivity contribution in [3.63, 3.8) is 0 Å². The zero-order valence-electron chi connectivity index (χ0n) is 15.8. The quantitative estimate of drug-likeness (QED) is 0.535. The summed E-state index contributed by atoms with van der Waals surface area (Å²) in [5.41, 5.74) is 4.08. The molecular formula is C21H29N3O3. The highest BCUT2D eigenvalue weighted by Crippen LogP contribution is 2.31. The summed E-state index contributed by atoms with van der Waals surface area (Å²) in [7, 11) is 0. The number of benzene rings is 1. The normalized spacial score (nSPS) is 18.4. The lowest BCUT2D eigenvalue weighted by Gasteiger charge is -2.31. The Morgan fingerprint density at radius 3 is 2.74 bits per heavy atom. The van der Waals surface area contributed by atoms with Crippen LogP contribution in [0.5, 0.6) is 0 Å². The second-order valence-corrected chi connectivity index (χ2v) is 7.31. The molecule has 0 spiro atoms. The van der Waals surface area contributed by atoms with Gasteiger partial charge in [-0.15, -0.1) is 0 Å². The van der Waals surface area contributed by atoms with Crippen LogP contribution in [0.2, 0.25) is 0 Å². The third-order valence-electron chi connectivity index (χ3n) is 5.29. The molecule has 2 aliphatic rings. The highest BCUT2D eigenvalue weighted by atomic mass is 16.7. The maximum atomic E-state index is 12.7. The molecule has 0 bridgehead atoms. The Morgan fingerprint density at radius 2 is 2.07 bits per heavy atom. The van der Waals surface area contributed by atoms with E-state index in [-0.39, 0.29) is 18.4 Å². The lowest BCUT2D eigenvalue weighted by atomic mass is 9.96. The van der Waals surface area contributed by atoms with Crippen molar-refractivity contribution in [1.29, 1.82) is 0 Å². The Bertz CT molecular complexity index is 629. The van der Waals surface area contributed by atoms with Gasteiger partial charge in [0.25, 0.3) is 0 Å². The number of hydrazine groups is 1. The number of hydrogen-bond acceptors (Lipinski definition) is 4. The Balaban J connectivity index is 1.64. The molecule has 146 valence electrons. The maximum absolute atomic E-state index is 12.7. The second-order valence-electron chi connectivity index (χ2n) is 7.31. The number of nitrogens with one attached hydrogen (secondary N) is 1. The van der Waals surface area contributed by atoms with Gasteiger partial charge in [0.1, 0.15) is 6.61 Å². The van der Waals surface area contributed by atoms with Crippen LogP contribution >= 0.6 is 0 Å². The Labute approximate surface area is 161 Å². The van der Waals surface area contributed by atoms with Crippen LogP contribution in [0.1, 0.15) is 50.5 Å². The van der Waals surface area contributed by atoms with E-state index in [1.807, 2.05) is 36.4 Å². The molecule has 0 saturated heterocycles. The molecule has 1 aliphatic heterocycles. The predicted molar refractivity (Wildman–Crippen MR) is 103 cm³/mol. The van der Waals surface area contributed by atoms with Crippen molar-refractivity contribution in [2.45, 2.75) is 57.6 Å². The SMILES string of the molecule is O=CN(OCc1ccccc1)C(CC(=O)N1C=CCCN1)CC1CCCC1. The number of hydrogen-bond donors (Lipinski definition) is 1. The maximum Gasteiger partial charge on any atom is 0.242 e. The molecule has 27 heavy (non-hydrogen) atoms. The minimum absolute atomic E-state index is 0.0379. The fourth-order valence-corrected chi connectivity index (χ4v) is 3.83. The van der Waals surface area contributed by atoms with Gasteiger partial charge < -0.3 is 0 Å². The summed E-state index contributed by atoms with van der Waals surface area (Å²) in [5.74, 6) is 0.513. The minimum atomic E-state index is -0.251. The lowest BCUT2D eigenvalue weighted by molar-refractivity contribution is -0.196. The monoisotopic (exact) mass is 371 g/mol. The van der Waals surface area contributed by atoms with Crippen molar-refractivity contribution in [2.24, 2.45) is 5.92 Å². The third-order valence-corrected chi connectivity index (χ3v) is 5.29. The summed E-state index contributed by atoms with van der Waals surface area (Å²) in [5, 5.41) is 2.89. The van der Waals surface area contributed by atoms with Gasteiger partial charge in [0.2, 0.25) is 12.3 Å². The van der Waals surface area contributed by atoms with E-state index < -0.39 is 0 Å². The smallest absolute Gasteiger partial charge is 0.242 e. The average Bonchev–Trinajstić information content (AvgIpc) is 3.23. The highest BCUT2D eigenvalue weighted by Gasteiger charge is 2.28. The summed E-state index contributed by atoms with van der Waals surface area (Å²) in [6, 6.07) is 9.50. The second kappa shape index (κ2) is 10.2. The number of hydroxylamine groups is 2. The summed E-state index contributed by atoms with van der Waals surface area (Å²) in [4.78, 5) is 30.2. The molecule has 6 heteroatoms. The standard InChI is InChI=1S/C21H29N3O3/c25-17-24(27-16-19-10-2-1-3-11-19)20(14-18-8-4-5-9-18)15-21(26)23-13-7-6-12-22-23/h1-3,7,10-11,13,17-18,20,22H,4-6,8-9,12,14-16H2. The first-order valence-electron chi connectivity index (χ1n) is 9.89. The Morgan fingerprint density at radius 1 is 1.30 bits per heavy atom. The van der Waals surface area contributed by atoms with Gasteiger partial charge in [-0.05, 0) is 24.3 Å². The summed E-state index contributed by atoms with van der Waals surface area (Å²) in [6.45, 7) is 1.06. The van der Waals surface area contributed by atoms with Crippen LogP contribution in [0.15, 0.2) is 42.6 Å². The van der Waals surface area contributed by atoms with Crippen molar-refractivity contribution in [3.05, 3.63) is 48.2 Å². The van der Waals surface area contributed by atoms with E-state index in [1.54, 1.807) is 6.20 Å². The van der Waals surface area contributed by atoms with Gasteiger partial charge in [0.05, 0.1) is 12.5 Å². The number of nitrogens with zero attached hydrogens (tertiary/aromatic N) is 2. The molecule has 2 amide bonds. The van der Waals surface area contributed by atoms with Gasteiger partial charge >= 0.3 is 0 Å². The fraction of sp³-hybridized carbons (Fsp3) is 0.524. The molecule has 0 aromatic heterocycles. The van der Waals surface area contributed by atoms with Crippen molar-refractivity contribution in [1.82, 2.24) is 15.5 Å². The van der Waals surface area contributed by atoms with Crippen molar-refractivity contribution in [2.75, 3.05) is 6.54 Å². The zero-order chi connectivity index (χ0) is 18.9. The first-order valence-corrected chi connectivity index (χ1v) is 9.89. The first-order chi connectivity index (χ1) is 13.3. The fourth-order valence-electron chi connectivity index (χ4n) is 3.83. The lowest BCUT2D eigenvalue weighted by Crippen LogP contribution is -2.45. The van der Waals surface area contributed by atoms with Crippen LogP contribution in [-0.2, 0) is 21.0 Å². The van der Waals surface area contributed by atoms with Crippen molar-refractivity contribution < 1.29 is 14.4 Å². The van der Waals surface area contributed by atoms with Gasteiger partial charge in [0.15, 0.2) is 0 Å². The molecule has 1 unspecified atom stereocenters. The molecule has 1 N–H and O–H groups in total. The van der Waals surface area contributed by atoms with E-state index in [0.717, 1.165) is 44.2 Å². The Kier molecular flexibility index (Phi) is 7.42. The van der Waals surface area contributed by atoms with Gasteiger partial charge in [0, 0.05) is 12.7 Å². The van der Waals surface area contributed by atoms with Gasteiger partial charge in [-0.3, -0.25) is 19.4 Å². The first kappa shape index (κ1) is 19.6. The molecule has 1 aromatic carbocycles. The highest BCUT2D eigenvalue weighted by molar-refractivity contribution is 5.77. The van der Waals surface area contributed by atoms with Crippen LogP contribution in [0.3, 0.4) is 0 Å². The number of amides is 2. The molecule has 6 nitrogen and oxygen atoms in total. The van der Waals surface area contributed by atoms with E-state index >= 15 is 0 Å². The molecule has 1 aliphatic carbocycles. The van der Waals surface area contributed by atoms with E-state index in [2.05, 4.69) is 5.43 Å². The molecule has 3 rings (SSSR count). The van der Waals surface area contributed by atoms with Crippen molar-refractivity contribution in [3.8, 4) is 0 Å². The minimum Gasteiger partial charge on any atom is -0.276 e. The van der Waals surface area contributed by atoms with E-state index in [4.69, 9.17) is 4.84 Å². The molecular weight excluding hydrogens is 342 g/mol. The molecule has 1 saturated carbocycles. The summed E-state index contributed by atoms with van der Waals surface area (Å²) in [6.07, 6.45) is 11.2. The Hall–Kier alpha value is -2.18. The summed E-state index contributed by atoms with van der Waals surface area (Å²) < 4.78 is 0. The van der Waals surface area contributed by atoms with Gasteiger partial charge in [-0.25, -0.2) is 10.5 Å². The van der Waals surface area contributed by atoms with Crippen LogP contribution in [0.4, 0.5) is 0 Å². The largest absolute Gasteiger partial charge is 0.276 e. The topological polar surface area (TPSA) is 61.9 Å². The van der Waals surface area contributed by atoms with E-state index in [1.165, 1.54) is 22.9 Å². The molecule has 1 aromatic rings. The number of carbonyl (C=O) groups is 2. The van der Waals surface area contributed by atoms with Gasteiger partial charge in [-0.2, -0.15) is 0 Å². The third kappa shape index (κ3) is 5.91. The van der Waals surface area contributed by atoms with E-state index in [9.17, 15) is 9.59 Å². The van der Waals surface area contributed by atoms with Crippen LogP contribution in [0, 0.1) is 5.92 Å². The van der Waals surface area contributed by atoms with E-state index in [0.29, 0.717) is 12.5 Å². The summed E-state index contributed by atoms with van der Waals surface area (Å²) >= 11 is 0. The predicted octanol–water partition coefficient (Wildman–Crippen LogP) is 3.17. The zero-order valence-corrected chi connectivity index (χ0v) is 15.8. The van der Waals surface area contributed by atoms with Crippen LogP contribution in [0.25, 0.3) is 0 Å². The number of carbonyl (C=O) groups excluding carboxylic acids is 2. The van der Waals surface area contributed by atoms with Crippen molar-refractivity contribution >= 4 is 12.3 Å². The molecule has 0 radical (unpaired) electrons. The van der Waals surface area contributed by atoms with Crippen LogP contribution in [-0.4, -0.2) is 35.0 Å². The van der Waals surface area contributed by atoms with Crippen LogP contribution < -0.4 is 5.43 Å². The average molecular weight is 371 g/mol.